The van der Waals surface area contributed by atoms with Gasteiger partial charge in [0.2, 0.25) is 11.5 Å². The van der Waals surface area contributed by atoms with Crippen molar-refractivity contribution in [1.29, 1.82) is 0 Å². The van der Waals surface area contributed by atoms with Crippen molar-refractivity contribution in [3.8, 4) is 23.0 Å². The van der Waals surface area contributed by atoms with Crippen LogP contribution in [0.5, 0.6) is 23.0 Å². The molecule has 0 atom stereocenters. The number of hydrogen-bond acceptors (Lipinski definition) is 6. The Morgan fingerprint density at radius 1 is 0.632 bits per heavy atom. The van der Waals surface area contributed by atoms with E-state index in [0.717, 1.165) is 12.1 Å². The molecule has 3 aromatic rings. The van der Waals surface area contributed by atoms with E-state index in [4.69, 9.17) is 9.47 Å². The van der Waals surface area contributed by atoms with Crippen molar-refractivity contribution in [2.45, 2.75) is 38.5 Å². The van der Waals surface area contributed by atoms with E-state index in [9.17, 15) is 46.6 Å². The summed E-state index contributed by atoms with van der Waals surface area (Å²) in [5.41, 5.74) is -4.76. The summed E-state index contributed by atoms with van der Waals surface area (Å²) in [6.45, 7) is 5.13. The number of benzene rings is 3. The molecule has 0 saturated heterocycles. The lowest BCUT2D eigenvalue weighted by Crippen LogP contribution is -2.13. The molecule has 0 saturated carbocycles. The molecule has 0 aliphatic heterocycles. The molecular weight excluding hydrogens is 526 g/mol. The largest absolute Gasteiger partial charge is 0.450 e. The Balaban J connectivity index is 2.03. The van der Waals surface area contributed by atoms with Crippen LogP contribution >= 0.6 is 0 Å². The SMILES string of the molecule is CC(C)(C)c1cc(Oc2ccc(C(F)(F)F)cc2[N+](=O)[O-])ccc1Oc1ccc(C(F)(F)F)cc1[N+](=O)[O-]. The van der Waals surface area contributed by atoms with Crippen molar-refractivity contribution < 1.29 is 45.7 Å². The van der Waals surface area contributed by atoms with Crippen LogP contribution in [-0.4, -0.2) is 9.85 Å². The number of nitro benzene ring substituents is 2. The minimum Gasteiger partial charge on any atom is -0.450 e. The van der Waals surface area contributed by atoms with Gasteiger partial charge in [-0.05, 0) is 47.9 Å². The van der Waals surface area contributed by atoms with Crippen molar-refractivity contribution in [2.24, 2.45) is 0 Å². The molecule has 0 amide bonds. The van der Waals surface area contributed by atoms with E-state index in [-0.39, 0.29) is 11.5 Å². The third-order valence-corrected chi connectivity index (χ3v) is 5.17. The summed E-state index contributed by atoms with van der Waals surface area (Å²) in [5, 5.41) is 22.8. The van der Waals surface area contributed by atoms with Crippen LogP contribution in [0.25, 0.3) is 0 Å². The number of alkyl halides is 6. The first kappa shape index (κ1) is 28.2. The van der Waals surface area contributed by atoms with E-state index >= 15 is 0 Å². The second-order valence-corrected chi connectivity index (χ2v) is 8.99. The highest BCUT2D eigenvalue weighted by Gasteiger charge is 2.35. The van der Waals surface area contributed by atoms with Crippen LogP contribution in [0.3, 0.4) is 0 Å². The van der Waals surface area contributed by atoms with Gasteiger partial charge in [-0.25, -0.2) is 0 Å². The maximum Gasteiger partial charge on any atom is 0.416 e. The molecule has 0 aliphatic carbocycles. The molecule has 0 aliphatic rings. The first-order valence-corrected chi connectivity index (χ1v) is 10.6. The van der Waals surface area contributed by atoms with Crippen molar-refractivity contribution in [2.75, 3.05) is 0 Å². The second kappa shape index (κ2) is 9.84. The van der Waals surface area contributed by atoms with Crippen molar-refractivity contribution in [3.05, 3.63) is 91.5 Å². The van der Waals surface area contributed by atoms with Crippen molar-refractivity contribution in [3.63, 3.8) is 0 Å². The highest BCUT2D eigenvalue weighted by Crippen LogP contribution is 2.43. The lowest BCUT2D eigenvalue weighted by Gasteiger charge is -2.23. The summed E-state index contributed by atoms with van der Waals surface area (Å²) in [6, 6.07) is 7.39. The average molecular weight is 544 g/mol. The van der Waals surface area contributed by atoms with Gasteiger partial charge in [-0.3, -0.25) is 20.2 Å². The topological polar surface area (TPSA) is 105 Å². The van der Waals surface area contributed by atoms with Crippen LogP contribution in [0.4, 0.5) is 37.7 Å². The quantitative estimate of drug-likeness (QED) is 0.175. The molecule has 3 aromatic carbocycles. The van der Waals surface area contributed by atoms with Crippen LogP contribution in [0.15, 0.2) is 54.6 Å². The Labute approximate surface area is 210 Å². The third-order valence-electron chi connectivity index (χ3n) is 5.17. The molecule has 0 unspecified atom stereocenters. The zero-order valence-corrected chi connectivity index (χ0v) is 19.8. The maximum atomic E-state index is 13.0. The van der Waals surface area contributed by atoms with Crippen molar-refractivity contribution in [1.82, 2.24) is 0 Å². The molecule has 0 fully saturated rings. The van der Waals surface area contributed by atoms with E-state index < -0.39 is 61.6 Å². The highest BCUT2D eigenvalue weighted by atomic mass is 19.4. The number of hydrogen-bond donors (Lipinski definition) is 0. The zero-order valence-electron chi connectivity index (χ0n) is 19.8. The van der Waals surface area contributed by atoms with Gasteiger partial charge in [-0.1, -0.05) is 20.8 Å². The van der Waals surface area contributed by atoms with Gasteiger partial charge in [0.05, 0.1) is 21.0 Å². The summed E-state index contributed by atoms with van der Waals surface area (Å²) in [4.78, 5) is 20.7. The normalized spacial score (nSPS) is 12.2. The van der Waals surface area contributed by atoms with E-state index in [1.165, 1.54) is 18.2 Å². The molecule has 0 radical (unpaired) electrons. The fourth-order valence-corrected chi connectivity index (χ4v) is 3.34. The number of nitrogens with zero attached hydrogens (tertiary/aromatic N) is 2. The third kappa shape index (κ3) is 6.30. The molecular formula is C24H18F6N2O6. The first-order chi connectivity index (χ1) is 17.4. The Morgan fingerprint density at radius 3 is 1.45 bits per heavy atom. The van der Waals surface area contributed by atoms with Gasteiger partial charge in [0.1, 0.15) is 11.5 Å². The van der Waals surface area contributed by atoms with Crippen LogP contribution in [-0.2, 0) is 17.8 Å². The van der Waals surface area contributed by atoms with Gasteiger partial charge in [0.15, 0.2) is 0 Å². The fraction of sp³-hybridized carbons (Fsp3) is 0.250. The van der Waals surface area contributed by atoms with Gasteiger partial charge in [-0.15, -0.1) is 0 Å². The van der Waals surface area contributed by atoms with Crippen LogP contribution in [0, 0.1) is 20.2 Å². The van der Waals surface area contributed by atoms with Crippen LogP contribution < -0.4 is 9.47 Å². The number of ether oxygens (including phenoxy) is 2. The summed E-state index contributed by atoms with van der Waals surface area (Å²) in [5.74, 6) is -0.975. The average Bonchev–Trinajstić information content (AvgIpc) is 2.78. The predicted molar refractivity (Wildman–Crippen MR) is 121 cm³/mol. The lowest BCUT2D eigenvalue weighted by molar-refractivity contribution is -0.386. The van der Waals surface area contributed by atoms with Gasteiger partial charge in [0.25, 0.3) is 0 Å². The molecule has 0 spiro atoms. The Morgan fingerprint density at radius 2 is 1.05 bits per heavy atom. The standard InChI is InChI=1S/C24H18F6N2O6/c1-22(2,3)16-12-15(37-20-7-4-13(23(25,26)27)10-17(20)31(33)34)6-9-19(16)38-21-8-5-14(24(28,29)30)11-18(21)32(35)36/h4-12H,1-3H3. The molecule has 0 N–H and O–H groups in total. The summed E-state index contributed by atoms with van der Waals surface area (Å²) in [7, 11) is 0. The van der Waals surface area contributed by atoms with Crippen LogP contribution in [0.1, 0.15) is 37.5 Å². The van der Waals surface area contributed by atoms with E-state index in [0.29, 0.717) is 29.8 Å². The van der Waals surface area contributed by atoms with Gasteiger partial charge >= 0.3 is 23.7 Å². The highest BCUT2D eigenvalue weighted by molar-refractivity contribution is 5.55. The smallest absolute Gasteiger partial charge is 0.416 e. The maximum absolute atomic E-state index is 13.0. The first-order valence-electron chi connectivity index (χ1n) is 10.6. The Hall–Kier alpha value is -4.36. The molecule has 8 nitrogen and oxygen atoms in total. The number of rotatable bonds is 6. The van der Waals surface area contributed by atoms with Gasteiger partial charge in [0, 0.05) is 17.7 Å². The molecule has 14 heteroatoms. The van der Waals surface area contributed by atoms with Crippen molar-refractivity contribution >= 4 is 11.4 Å². The Bertz CT molecular complexity index is 1400. The van der Waals surface area contributed by atoms with E-state index in [2.05, 4.69) is 0 Å². The minimum atomic E-state index is -4.82. The van der Waals surface area contributed by atoms with Gasteiger partial charge < -0.3 is 9.47 Å². The number of nitro groups is 2. The molecule has 202 valence electrons. The molecule has 0 aromatic heterocycles. The number of halogens is 6. The Kier molecular flexibility index (Phi) is 7.30. The zero-order chi connectivity index (χ0) is 28.6. The summed E-state index contributed by atoms with van der Waals surface area (Å²) < 4.78 is 89.1. The molecule has 0 heterocycles. The lowest BCUT2D eigenvalue weighted by atomic mass is 9.86. The fourth-order valence-electron chi connectivity index (χ4n) is 3.34. The van der Waals surface area contributed by atoms with Crippen LogP contribution in [0.2, 0.25) is 0 Å². The molecule has 38 heavy (non-hydrogen) atoms. The van der Waals surface area contributed by atoms with Gasteiger partial charge in [-0.2, -0.15) is 26.3 Å². The predicted octanol–water partition coefficient (Wildman–Crippen LogP) is 8.42. The molecule has 0 bridgehead atoms. The minimum absolute atomic E-state index is 0.00891. The van der Waals surface area contributed by atoms with E-state index in [1.807, 2.05) is 0 Å². The second-order valence-electron chi connectivity index (χ2n) is 8.99. The molecule has 3 rings (SSSR count). The van der Waals surface area contributed by atoms with E-state index in [1.54, 1.807) is 20.8 Å². The monoisotopic (exact) mass is 544 g/mol. The summed E-state index contributed by atoms with van der Waals surface area (Å²) in [6.07, 6.45) is -9.64. The summed E-state index contributed by atoms with van der Waals surface area (Å²) >= 11 is 0.